The topological polar surface area (TPSA) is 34.0 Å². The first kappa shape index (κ1) is 21.6. The van der Waals surface area contributed by atoms with E-state index in [1.165, 1.54) is 23.4 Å². The predicted molar refractivity (Wildman–Crippen MR) is 114 cm³/mol. The largest absolute Gasteiger partial charge is 0.416 e. The molecule has 7 heteroatoms. The van der Waals surface area contributed by atoms with Crippen molar-refractivity contribution in [1.82, 2.24) is 19.7 Å². The Hall–Kier alpha value is -2.67. The molecule has 0 radical (unpaired) electrons. The van der Waals surface area contributed by atoms with Gasteiger partial charge in [-0.25, -0.2) is 0 Å². The van der Waals surface area contributed by atoms with Gasteiger partial charge in [-0.15, -0.1) is 0 Å². The standard InChI is InChI=1S/C24H27F3N4/c1-17-21(15-29-30(17)2)16-31-11-9-20(10-12-31)23-8-5-19(14-28-23)13-18-3-6-22(7-4-18)24(25,26)27/h3-8,14-15,20H,9-13,16H2,1-2H3. The zero-order valence-corrected chi connectivity index (χ0v) is 17.9. The summed E-state index contributed by atoms with van der Waals surface area (Å²) in [5, 5.41) is 4.33. The number of pyridine rings is 1. The van der Waals surface area contributed by atoms with Crippen LogP contribution in [0.4, 0.5) is 13.2 Å². The van der Waals surface area contributed by atoms with Crippen LogP contribution in [0.25, 0.3) is 0 Å². The maximum Gasteiger partial charge on any atom is 0.416 e. The van der Waals surface area contributed by atoms with Crippen LogP contribution in [0.5, 0.6) is 0 Å². The second-order valence-electron chi connectivity index (χ2n) is 8.39. The van der Waals surface area contributed by atoms with Crippen LogP contribution in [0.3, 0.4) is 0 Å². The minimum absolute atomic E-state index is 0.450. The average molecular weight is 429 g/mol. The van der Waals surface area contributed by atoms with Crippen LogP contribution in [-0.2, 0) is 26.2 Å². The maximum absolute atomic E-state index is 12.7. The highest BCUT2D eigenvalue weighted by molar-refractivity contribution is 5.29. The highest BCUT2D eigenvalue weighted by Crippen LogP contribution is 2.30. The first-order valence-electron chi connectivity index (χ1n) is 10.6. The Kier molecular flexibility index (Phi) is 6.14. The summed E-state index contributed by atoms with van der Waals surface area (Å²) in [5.41, 5.74) is 4.84. The van der Waals surface area contributed by atoms with Gasteiger partial charge in [-0.2, -0.15) is 18.3 Å². The van der Waals surface area contributed by atoms with Crippen LogP contribution in [-0.4, -0.2) is 32.8 Å². The Labute approximate surface area is 180 Å². The number of benzene rings is 1. The number of aromatic nitrogens is 3. The van der Waals surface area contributed by atoms with Crippen molar-refractivity contribution in [3.63, 3.8) is 0 Å². The molecule has 0 saturated carbocycles. The van der Waals surface area contributed by atoms with E-state index in [-0.39, 0.29) is 0 Å². The molecule has 1 aromatic carbocycles. The van der Waals surface area contributed by atoms with Gasteiger partial charge in [0.2, 0.25) is 0 Å². The molecular weight excluding hydrogens is 401 g/mol. The Balaban J connectivity index is 1.31. The van der Waals surface area contributed by atoms with E-state index in [2.05, 4.69) is 28.0 Å². The van der Waals surface area contributed by atoms with E-state index in [1.54, 1.807) is 0 Å². The van der Waals surface area contributed by atoms with Gasteiger partial charge in [0.25, 0.3) is 0 Å². The van der Waals surface area contributed by atoms with Gasteiger partial charge in [0, 0.05) is 42.7 Å². The number of alkyl halides is 3. The highest BCUT2D eigenvalue weighted by atomic mass is 19.4. The van der Waals surface area contributed by atoms with E-state index in [4.69, 9.17) is 0 Å². The van der Waals surface area contributed by atoms with E-state index >= 15 is 0 Å². The molecule has 0 atom stereocenters. The summed E-state index contributed by atoms with van der Waals surface area (Å²) in [4.78, 5) is 7.14. The quantitative estimate of drug-likeness (QED) is 0.566. The van der Waals surface area contributed by atoms with Crippen LogP contribution in [0, 0.1) is 6.92 Å². The lowest BCUT2D eigenvalue weighted by atomic mass is 9.92. The first-order valence-corrected chi connectivity index (χ1v) is 10.6. The first-order chi connectivity index (χ1) is 14.8. The van der Waals surface area contributed by atoms with Crippen LogP contribution in [0.2, 0.25) is 0 Å². The lowest BCUT2D eigenvalue weighted by molar-refractivity contribution is -0.137. The number of nitrogens with zero attached hydrogens (tertiary/aromatic N) is 4. The van der Waals surface area contributed by atoms with Crippen LogP contribution >= 0.6 is 0 Å². The molecule has 164 valence electrons. The summed E-state index contributed by atoms with van der Waals surface area (Å²) < 4.78 is 40.0. The van der Waals surface area contributed by atoms with Crippen molar-refractivity contribution in [3.8, 4) is 0 Å². The molecule has 0 unspecified atom stereocenters. The van der Waals surface area contributed by atoms with E-state index in [0.29, 0.717) is 12.3 Å². The van der Waals surface area contributed by atoms with Gasteiger partial charge in [0.15, 0.2) is 0 Å². The molecule has 0 aliphatic carbocycles. The van der Waals surface area contributed by atoms with Crippen molar-refractivity contribution >= 4 is 0 Å². The monoisotopic (exact) mass is 428 g/mol. The number of piperidine rings is 1. The molecule has 0 N–H and O–H groups in total. The summed E-state index contributed by atoms with van der Waals surface area (Å²) in [6.07, 6.45) is 2.24. The molecule has 1 aliphatic heterocycles. The SMILES string of the molecule is Cc1c(CN2CCC(c3ccc(Cc4ccc(C(F)(F)F)cc4)cn3)CC2)cnn1C. The van der Waals surface area contributed by atoms with Crippen molar-refractivity contribution in [2.24, 2.45) is 7.05 Å². The summed E-state index contributed by atoms with van der Waals surface area (Å²) >= 11 is 0. The summed E-state index contributed by atoms with van der Waals surface area (Å²) in [6.45, 7) is 5.11. The number of halogens is 3. The average Bonchev–Trinajstić information content (AvgIpc) is 3.07. The third-order valence-corrected chi connectivity index (χ3v) is 6.27. The molecule has 0 bridgehead atoms. The predicted octanol–water partition coefficient (Wildman–Crippen LogP) is 5.11. The van der Waals surface area contributed by atoms with Crippen molar-refractivity contribution < 1.29 is 13.2 Å². The van der Waals surface area contributed by atoms with Crippen molar-refractivity contribution in [1.29, 1.82) is 0 Å². The molecule has 2 aromatic heterocycles. The summed E-state index contributed by atoms with van der Waals surface area (Å²) in [7, 11) is 1.97. The number of rotatable bonds is 5. The maximum atomic E-state index is 12.7. The third kappa shape index (κ3) is 5.15. The van der Waals surface area contributed by atoms with E-state index in [9.17, 15) is 13.2 Å². The van der Waals surface area contributed by atoms with Gasteiger partial charge in [-0.1, -0.05) is 18.2 Å². The van der Waals surface area contributed by atoms with Gasteiger partial charge < -0.3 is 0 Å². The number of likely N-dealkylation sites (tertiary alicyclic amines) is 1. The van der Waals surface area contributed by atoms with E-state index in [1.807, 2.05) is 30.2 Å². The normalized spacial score (nSPS) is 16.0. The minimum Gasteiger partial charge on any atom is -0.299 e. The van der Waals surface area contributed by atoms with Gasteiger partial charge in [-0.05, 0) is 68.6 Å². The molecular formula is C24H27F3N4. The number of hydrogen-bond donors (Lipinski definition) is 0. The fourth-order valence-corrected chi connectivity index (χ4v) is 4.16. The zero-order valence-electron chi connectivity index (χ0n) is 17.9. The van der Waals surface area contributed by atoms with E-state index < -0.39 is 11.7 Å². The minimum atomic E-state index is -4.30. The Morgan fingerprint density at radius 3 is 2.19 bits per heavy atom. The molecule has 3 heterocycles. The Morgan fingerprint density at radius 1 is 0.968 bits per heavy atom. The Bertz CT molecular complexity index is 999. The molecule has 4 nitrogen and oxygen atoms in total. The van der Waals surface area contributed by atoms with Crippen molar-refractivity contribution in [2.75, 3.05) is 13.1 Å². The molecule has 1 saturated heterocycles. The fraction of sp³-hybridized carbons (Fsp3) is 0.417. The number of hydrogen-bond acceptors (Lipinski definition) is 3. The van der Waals surface area contributed by atoms with Crippen LogP contribution in [0.15, 0.2) is 48.8 Å². The summed E-state index contributed by atoms with van der Waals surface area (Å²) in [6, 6.07) is 9.47. The van der Waals surface area contributed by atoms with Crippen molar-refractivity contribution in [2.45, 2.75) is 44.8 Å². The second kappa shape index (κ2) is 8.83. The van der Waals surface area contributed by atoms with Crippen LogP contribution in [0.1, 0.15) is 52.4 Å². The molecule has 1 aliphatic rings. The van der Waals surface area contributed by atoms with Crippen molar-refractivity contribution in [3.05, 3.63) is 82.4 Å². The highest BCUT2D eigenvalue weighted by Gasteiger charge is 2.30. The molecule has 1 fully saturated rings. The van der Waals surface area contributed by atoms with Crippen LogP contribution < -0.4 is 0 Å². The summed E-state index contributed by atoms with van der Waals surface area (Å²) in [5.74, 6) is 0.450. The molecule has 0 amide bonds. The number of aryl methyl sites for hydroxylation is 1. The van der Waals surface area contributed by atoms with Gasteiger partial charge >= 0.3 is 6.18 Å². The van der Waals surface area contributed by atoms with E-state index in [0.717, 1.165) is 61.4 Å². The third-order valence-electron chi connectivity index (χ3n) is 6.27. The molecule has 4 rings (SSSR count). The Morgan fingerprint density at radius 2 is 1.65 bits per heavy atom. The molecule has 3 aromatic rings. The zero-order chi connectivity index (χ0) is 22.0. The van der Waals surface area contributed by atoms with Gasteiger partial charge in [0.05, 0.1) is 11.8 Å². The lowest BCUT2D eigenvalue weighted by Crippen LogP contribution is -2.32. The second-order valence-corrected chi connectivity index (χ2v) is 8.39. The lowest BCUT2D eigenvalue weighted by Gasteiger charge is -2.31. The molecule has 31 heavy (non-hydrogen) atoms. The fourth-order valence-electron chi connectivity index (χ4n) is 4.16. The van der Waals surface area contributed by atoms with Gasteiger partial charge in [0.1, 0.15) is 0 Å². The smallest absolute Gasteiger partial charge is 0.299 e. The van der Waals surface area contributed by atoms with Gasteiger partial charge in [-0.3, -0.25) is 14.6 Å². The molecule has 0 spiro atoms.